The fraction of sp³-hybridized carbons (Fsp3) is 0.391. The van der Waals surface area contributed by atoms with Gasteiger partial charge in [0, 0.05) is 12.5 Å². The number of carbonyl (C=O) groups excluding carboxylic acids is 1. The number of rotatable bonds is 3. The van der Waals surface area contributed by atoms with Gasteiger partial charge < -0.3 is 9.84 Å². The summed E-state index contributed by atoms with van der Waals surface area (Å²) in [5.41, 5.74) is 4.63. The summed E-state index contributed by atoms with van der Waals surface area (Å²) in [5.74, 6) is -0.483. The lowest BCUT2D eigenvalue weighted by Gasteiger charge is -2.39. The first-order chi connectivity index (χ1) is 13.5. The molecular formula is C23H25NO4. The molecule has 5 nitrogen and oxygen atoms in total. The zero-order valence-electron chi connectivity index (χ0n) is 16.2. The van der Waals surface area contributed by atoms with E-state index in [0.29, 0.717) is 13.0 Å². The molecule has 2 aliphatic rings. The van der Waals surface area contributed by atoms with Crippen LogP contribution in [0.4, 0.5) is 4.79 Å². The predicted molar refractivity (Wildman–Crippen MR) is 106 cm³/mol. The van der Waals surface area contributed by atoms with Gasteiger partial charge in [0.25, 0.3) is 0 Å². The van der Waals surface area contributed by atoms with Crippen molar-refractivity contribution in [2.45, 2.75) is 32.2 Å². The molecule has 1 heterocycles. The number of carbonyl (C=O) groups is 2. The Hall–Kier alpha value is -2.82. The largest absolute Gasteiger partial charge is 0.480 e. The highest BCUT2D eigenvalue weighted by molar-refractivity contribution is 5.81. The number of piperidine rings is 1. The van der Waals surface area contributed by atoms with Crippen LogP contribution in [0, 0.1) is 11.8 Å². The quantitative estimate of drug-likeness (QED) is 0.860. The highest BCUT2D eigenvalue weighted by Gasteiger charge is 2.39. The summed E-state index contributed by atoms with van der Waals surface area (Å²) >= 11 is 0. The second kappa shape index (κ2) is 7.30. The molecule has 4 rings (SSSR count). The number of hydrogen-bond acceptors (Lipinski definition) is 3. The molecule has 0 aromatic heterocycles. The number of likely N-dealkylation sites (tertiary alicyclic amines) is 1. The molecule has 1 amide bonds. The van der Waals surface area contributed by atoms with Crippen molar-refractivity contribution in [2.24, 2.45) is 11.8 Å². The minimum absolute atomic E-state index is 0.0271. The molecule has 0 radical (unpaired) electrons. The number of nitrogens with zero attached hydrogens (tertiary/aromatic N) is 1. The van der Waals surface area contributed by atoms with Crippen LogP contribution in [0.1, 0.15) is 37.3 Å². The predicted octanol–water partition coefficient (Wildman–Crippen LogP) is 4.37. The molecule has 1 fully saturated rings. The van der Waals surface area contributed by atoms with E-state index in [4.69, 9.17) is 4.74 Å². The number of hydrogen-bond donors (Lipinski definition) is 1. The van der Waals surface area contributed by atoms with Crippen molar-refractivity contribution in [1.29, 1.82) is 0 Å². The van der Waals surface area contributed by atoms with Crippen molar-refractivity contribution in [1.82, 2.24) is 4.90 Å². The number of carboxylic acid groups (broad SMARTS) is 1. The van der Waals surface area contributed by atoms with Gasteiger partial charge in [0.15, 0.2) is 0 Å². The number of benzene rings is 2. The summed E-state index contributed by atoms with van der Waals surface area (Å²) in [6.45, 7) is 4.70. The third-order valence-corrected chi connectivity index (χ3v) is 6.28. The SMILES string of the molecule is C[C@@H]1C[C@H](C(=O)O)N(C(=O)OCC2c3ccccc3-c3ccccc32)C[C@@H]1C. The van der Waals surface area contributed by atoms with Crippen molar-refractivity contribution in [3.63, 3.8) is 0 Å². The number of amides is 1. The Morgan fingerprint density at radius 3 is 2.14 bits per heavy atom. The van der Waals surface area contributed by atoms with Gasteiger partial charge >= 0.3 is 12.1 Å². The molecule has 2 aromatic carbocycles. The smallest absolute Gasteiger partial charge is 0.410 e. The summed E-state index contributed by atoms with van der Waals surface area (Å²) in [5, 5.41) is 9.55. The number of fused-ring (bicyclic) bond motifs is 3. The normalized spacial score (nSPS) is 23.8. The van der Waals surface area contributed by atoms with Gasteiger partial charge in [-0.25, -0.2) is 9.59 Å². The van der Waals surface area contributed by atoms with E-state index in [9.17, 15) is 14.7 Å². The van der Waals surface area contributed by atoms with Crippen LogP contribution in [-0.2, 0) is 9.53 Å². The lowest BCUT2D eigenvalue weighted by atomic mass is 9.84. The minimum atomic E-state index is -0.966. The second-order valence-electron chi connectivity index (χ2n) is 8.00. The Labute approximate surface area is 164 Å². The summed E-state index contributed by atoms with van der Waals surface area (Å²) in [4.78, 5) is 25.8. The van der Waals surface area contributed by atoms with E-state index in [1.807, 2.05) is 38.1 Å². The highest BCUT2D eigenvalue weighted by Crippen LogP contribution is 2.44. The van der Waals surface area contributed by atoms with Gasteiger partial charge in [0.2, 0.25) is 0 Å². The Kier molecular flexibility index (Phi) is 4.84. The summed E-state index contributed by atoms with van der Waals surface area (Å²) in [6.07, 6.45) is -0.0752. The molecule has 1 aliphatic carbocycles. The zero-order chi connectivity index (χ0) is 19.8. The molecule has 28 heavy (non-hydrogen) atoms. The Morgan fingerprint density at radius 2 is 1.57 bits per heavy atom. The van der Waals surface area contributed by atoms with Crippen LogP contribution in [0.25, 0.3) is 11.1 Å². The van der Waals surface area contributed by atoms with Gasteiger partial charge in [-0.05, 0) is 40.5 Å². The van der Waals surface area contributed by atoms with Crippen LogP contribution in [0.5, 0.6) is 0 Å². The fourth-order valence-electron chi connectivity index (χ4n) is 4.44. The monoisotopic (exact) mass is 379 g/mol. The molecule has 1 aliphatic heterocycles. The van der Waals surface area contributed by atoms with Crippen LogP contribution in [0.15, 0.2) is 48.5 Å². The average Bonchev–Trinajstić information content (AvgIpc) is 3.01. The van der Waals surface area contributed by atoms with Gasteiger partial charge in [-0.15, -0.1) is 0 Å². The summed E-state index contributed by atoms with van der Waals surface area (Å²) < 4.78 is 5.67. The maximum absolute atomic E-state index is 12.8. The summed E-state index contributed by atoms with van der Waals surface area (Å²) in [7, 11) is 0. The maximum Gasteiger partial charge on any atom is 0.410 e. The van der Waals surface area contributed by atoms with Crippen LogP contribution in [0.2, 0.25) is 0 Å². The molecule has 1 saturated heterocycles. The van der Waals surface area contributed by atoms with E-state index < -0.39 is 18.1 Å². The molecule has 0 saturated carbocycles. The Bertz CT molecular complexity index is 863. The Morgan fingerprint density at radius 1 is 1.00 bits per heavy atom. The van der Waals surface area contributed by atoms with E-state index >= 15 is 0 Å². The second-order valence-corrected chi connectivity index (χ2v) is 8.00. The molecule has 0 spiro atoms. The minimum Gasteiger partial charge on any atom is -0.480 e. The fourth-order valence-corrected chi connectivity index (χ4v) is 4.44. The third kappa shape index (κ3) is 3.15. The molecule has 0 bridgehead atoms. The van der Waals surface area contributed by atoms with E-state index in [1.54, 1.807) is 0 Å². The maximum atomic E-state index is 12.8. The van der Waals surface area contributed by atoms with Crippen molar-refractivity contribution >= 4 is 12.1 Å². The van der Waals surface area contributed by atoms with Crippen molar-refractivity contribution in [2.75, 3.05) is 13.2 Å². The lowest BCUT2D eigenvalue weighted by Crippen LogP contribution is -2.52. The molecular weight excluding hydrogens is 354 g/mol. The summed E-state index contributed by atoms with van der Waals surface area (Å²) in [6, 6.07) is 15.5. The van der Waals surface area contributed by atoms with E-state index in [2.05, 4.69) is 24.3 Å². The van der Waals surface area contributed by atoms with Crippen LogP contribution < -0.4 is 0 Å². The molecule has 2 aromatic rings. The average molecular weight is 379 g/mol. The third-order valence-electron chi connectivity index (χ3n) is 6.28. The van der Waals surface area contributed by atoms with Gasteiger partial charge in [-0.2, -0.15) is 0 Å². The highest BCUT2D eigenvalue weighted by atomic mass is 16.6. The van der Waals surface area contributed by atoms with E-state index in [1.165, 1.54) is 16.0 Å². The number of carboxylic acids is 1. The van der Waals surface area contributed by atoms with E-state index in [-0.39, 0.29) is 24.4 Å². The van der Waals surface area contributed by atoms with E-state index in [0.717, 1.165) is 11.1 Å². The van der Waals surface area contributed by atoms with Crippen molar-refractivity contribution in [3.05, 3.63) is 59.7 Å². The van der Waals surface area contributed by atoms with Gasteiger partial charge in [-0.1, -0.05) is 62.4 Å². The zero-order valence-corrected chi connectivity index (χ0v) is 16.2. The molecule has 0 unspecified atom stereocenters. The Balaban J connectivity index is 1.53. The molecule has 3 atom stereocenters. The van der Waals surface area contributed by atoms with Gasteiger partial charge in [0.05, 0.1) is 0 Å². The first-order valence-corrected chi connectivity index (χ1v) is 9.81. The standard InChI is InChI=1S/C23H25NO4/c1-14-11-21(22(25)26)24(12-15(14)2)23(27)28-13-20-18-9-5-3-7-16(18)17-8-4-6-10-19(17)20/h3-10,14-15,20-21H,11-13H2,1-2H3,(H,25,26)/t14-,15+,21-/m1/s1. The number of aliphatic carboxylic acids is 1. The lowest BCUT2D eigenvalue weighted by molar-refractivity contribution is -0.145. The molecule has 5 heteroatoms. The van der Waals surface area contributed by atoms with Gasteiger partial charge in [-0.3, -0.25) is 4.90 Å². The molecule has 1 N–H and O–H groups in total. The first kappa shape index (κ1) is 18.5. The topological polar surface area (TPSA) is 66.8 Å². The van der Waals surface area contributed by atoms with Crippen molar-refractivity contribution < 1.29 is 19.4 Å². The van der Waals surface area contributed by atoms with Crippen molar-refractivity contribution in [3.8, 4) is 11.1 Å². The molecule has 146 valence electrons. The first-order valence-electron chi connectivity index (χ1n) is 9.81. The van der Waals surface area contributed by atoms with Crippen LogP contribution in [-0.4, -0.2) is 41.3 Å². The van der Waals surface area contributed by atoms with Gasteiger partial charge in [0.1, 0.15) is 12.6 Å². The van der Waals surface area contributed by atoms with Crippen LogP contribution >= 0.6 is 0 Å². The van der Waals surface area contributed by atoms with Crippen LogP contribution in [0.3, 0.4) is 0 Å². The number of ether oxygens (including phenoxy) is 1.